The van der Waals surface area contributed by atoms with Crippen molar-refractivity contribution >= 4 is 35.1 Å². The second-order valence-electron chi connectivity index (χ2n) is 4.16. The summed E-state index contributed by atoms with van der Waals surface area (Å²) in [6.07, 6.45) is 1.38. The Morgan fingerprint density at radius 1 is 0.938 bits per heavy atom. The van der Waals surface area contributed by atoms with Gasteiger partial charge in [-0.15, -0.1) is 0 Å². The summed E-state index contributed by atoms with van der Waals surface area (Å²) >= 11 is 3.71. The second-order valence-corrected chi connectivity index (χ2v) is 6.46. The highest BCUT2D eigenvalue weighted by atomic mass is 32.2. The molecule has 0 radical (unpaired) electrons. The van der Waals surface area contributed by atoms with Crippen LogP contribution in [0.25, 0.3) is 0 Å². The van der Waals surface area contributed by atoms with Crippen molar-refractivity contribution in [3.05, 3.63) is 0 Å². The van der Waals surface area contributed by atoms with Crippen LogP contribution in [0.3, 0.4) is 0 Å². The zero-order valence-corrected chi connectivity index (χ0v) is 12.1. The van der Waals surface area contributed by atoms with Gasteiger partial charge in [0.25, 0.3) is 0 Å². The summed E-state index contributed by atoms with van der Waals surface area (Å²) in [6, 6.07) is 0. The number of hydrogen-bond donors (Lipinski definition) is 0. The van der Waals surface area contributed by atoms with Crippen molar-refractivity contribution in [2.75, 3.05) is 23.0 Å². The Morgan fingerprint density at radius 2 is 1.31 bits per heavy atom. The molecule has 0 aliphatic heterocycles. The van der Waals surface area contributed by atoms with Gasteiger partial charge in [-0.1, -0.05) is 6.92 Å². The molecule has 16 heavy (non-hydrogen) atoms. The van der Waals surface area contributed by atoms with Gasteiger partial charge in [0, 0.05) is 24.3 Å². The monoisotopic (exact) mass is 262 g/mol. The lowest BCUT2D eigenvalue weighted by atomic mass is 10.3. The van der Waals surface area contributed by atoms with E-state index in [4.69, 9.17) is 0 Å². The maximum atomic E-state index is 10.7. The molecule has 0 unspecified atom stereocenters. The lowest BCUT2D eigenvalue weighted by molar-refractivity contribution is -0.117. The summed E-state index contributed by atoms with van der Waals surface area (Å²) in [5, 5.41) is 0. The van der Waals surface area contributed by atoms with E-state index in [1.807, 2.05) is 23.5 Å². The van der Waals surface area contributed by atoms with E-state index < -0.39 is 0 Å². The fraction of sp³-hybridized carbons (Fsp3) is 0.833. The van der Waals surface area contributed by atoms with Crippen LogP contribution in [-0.4, -0.2) is 34.6 Å². The summed E-state index contributed by atoms with van der Waals surface area (Å²) in [5.74, 6) is 5.32. The molecule has 0 N–H and O–H groups in total. The molecule has 0 aromatic heterocycles. The number of ketones is 2. The molecular weight excluding hydrogens is 240 g/mol. The van der Waals surface area contributed by atoms with Crippen LogP contribution in [0.5, 0.6) is 0 Å². The minimum atomic E-state index is 0.274. The first-order valence-electron chi connectivity index (χ1n) is 5.66. The number of carbonyl (C=O) groups excluding carboxylic acids is 2. The third kappa shape index (κ3) is 12.1. The minimum absolute atomic E-state index is 0.274. The molecule has 0 rings (SSSR count). The smallest absolute Gasteiger partial charge is 0.130 e. The summed E-state index contributed by atoms with van der Waals surface area (Å²) in [4.78, 5) is 21.4. The van der Waals surface area contributed by atoms with Gasteiger partial charge >= 0.3 is 0 Å². The highest BCUT2D eigenvalue weighted by Crippen LogP contribution is 2.15. The molecule has 0 aromatic carbocycles. The molecule has 0 aromatic rings. The van der Waals surface area contributed by atoms with Crippen LogP contribution in [0.15, 0.2) is 0 Å². The molecular formula is C12H22O2S2. The molecule has 0 saturated carbocycles. The predicted octanol–water partition coefficient (Wildman–Crippen LogP) is 3.05. The third-order valence-corrected chi connectivity index (χ3v) is 4.60. The molecule has 0 saturated heterocycles. The van der Waals surface area contributed by atoms with Crippen LogP contribution in [-0.2, 0) is 9.59 Å². The summed E-state index contributed by atoms with van der Waals surface area (Å²) in [7, 11) is 0. The number of rotatable bonds is 10. The van der Waals surface area contributed by atoms with Crippen LogP contribution in [0, 0.1) is 5.92 Å². The molecule has 0 amide bonds. The number of Topliss-reactive ketones (excluding diaryl/α,β-unsaturated/α-hetero) is 2. The maximum absolute atomic E-state index is 10.7. The van der Waals surface area contributed by atoms with Gasteiger partial charge in [-0.25, -0.2) is 0 Å². The van der Waals surface area contributed by atoms with Crippen molar-refractivity contribution in [3.8, 4) is 0 Å². The van der Waals surface area contributed by atoms with Crippen LogP contribution in [0.1, 0.15) is 33.6 Å². The Balaban J connectivity index is 3.27. The Bertz CT molecular complexity index is 195. The zero-order valence-electron chi connectivity index (χ0n) is 10.5. The molecule has 0 bridgehead atoms. The highest BCUT2D eigenvalue weighted by molar-refractivity contribution is 8.00. The van der Waals surface area contributed by atoms with Crippen LogP contribution in [0.4, 0.5) is 0 Å². The van der Waals surface area contributed by atoms with Gasteiger partial charge in [0.1, 0.15) is 11.6 Å². The van der Waals surface area contributed by atoms with E-state index in [1.54, 1.807) is 13.8 Å². The second kappa shape index (κ2) is 10.2. The van der Waals surface area contributed by atoms with E-state index in [-0.39, 0.29) is 11.6 Å². The molecule has 0 aliphatic carbocycles. The highest BCUT2D eigenvalue weighted by Gasteiger charge is 2.03. The lowest BCUT2D eigenvalue weighted by Crippen LogP contribution is -2.04. The Labute approximate surface area is 107 Å². The average Bonchev–Trinajstić information content (AvgIpc) is 2.19. The van der Waals surface area contributed by atoms with Crippen molar-refractivity contribution in [2.45, 2.75) is 33.6 Å². The van der Waals surface area contributed by atoms with E-state index in [9.17, 15) is 9.59 Å². The largest absolute Gasteiger partial charge is 0.300 e. The predicted molar refractivity (Wildman–Crippen MR) is 74.4 cm³/mol. The number of carbonyl (C=O) groups is 2. The van der Waals surface area contributed by atoms with Gasteiger partial charge in [-0.2, -0.15) is 23.5 Å². The first-order valence-corrected chi connectivity index (χ1v) is 7.97. The minimum Gasteiger partial charge on any atom is -0.300 e. The summed E-state index contributed by atoms with van der Waals surface area (Å²) in [5.41, 5.74) is 0. The standard InChI is InChI=1S/C12H22O2S2/c1-10(8-15-6-4-11(2)13)9-16-7-5-12(3)14/h10H,4-9H2,1-3H3. The molecule has 0 aliphatic rings. The van der Waals surface area contributed by atoms with E-state index in [0.29, 0.717) is 18.8 Å². The van der Waals surface area contributed by atoms with Crippen molar-refractivity contribution in [1.82, 2.24) is 0 Å². The summed E-state index contributed by atoms with van der Waals surface area (Å²) in [6.45, 7) is 5.50. The van der Waals surface area contributed by atoms with Crippen molar-refractivity contribution in [1.29, 1.82) is 0 Å². The Morgan fingerprint density at radius 3 is 1.62 bits per heavy atom. The Hall–Kier alpha value is 0.0400. The topological polar surface area (TPSA) is 34.1 Å². The molecule has 4 heteroatoms. The normalized spacial score (nSPS) is 10.8. The zero-order chi connectivity index (χ0) is 12.4. The molecule has 0 atom stereocenters. The van der Waals surface area contributed by atoms with E-state index >= 15 is 0 Å². The van der Waals surface area contributed by atoms with E-state index in [2.05, 4.69) is 6.92 Å². The fourth-order valence-electron chi connectivity index (χ4n) is 1.05. The van der Waals surface area contributed by atoms with Gasteiger partial charge in [0.05, 0.1) is 0 Å². The first-order chi connectivity index (χ1) is 7.52. The van der Waals surface area contributed by atoms with Gasteiger partial charge in [0.15, 0.2) is 0 Å². The third-order valence-electron chi connectivity index (χ3n) is 2.00. The SMILES string of the molecule is CC(=O)CCSCC(C)CSCCC(C)=O. The van der Waals surface area contributed by atoms with Gasteiger partial charge < -0.3 is 0 Å². The molecule has 94 valence electrons. The van der Waals surface area contributed by atoms with Gasteiger partial charge in [-0.3, -0.25) is 9.59 Å². The van der Waals surface area contributed by atoms with Gasteiger partial charge in [0.2, 0.25) is 0 Å². The quantitative estimate of drug-likeness (QED) is 0.567. The number of hydrogen-bond acceptors (Lipinski definition) is 4. The fourth-order valence-corrected chi connectivity index (χ4v) is 3.44. The number of thioether (sulfide) groups is 2. The Kier molecular flexibility index (Phi) is 10.2. The molecule has 0 spiro atoms. The maximum Gasteiger partial charge on any atom is 0.130 e. The van der Waals surface area contributed by atoms with Crippen LogP contribution < -0.4 is 0 Å². The van der Waals surface area contributed by atoms with Crippen molar-refractivity contribution in [3.63, 3.8) is 0 Å². The molecule has 0 heterocycles. The van der Waals surface area contributed by atoms with E-state index in [1.165, 1.54) is 0 Å². The van der Waals surface area contributed by atoms with Crippen molar-refractivity contribution in [2.24, 2.45) is 5.92 Å². The lowest BCUT2D eigenvalue weighted by Gasteiger charge is -2.09. The average molecular weight is 262 g/mol. The van der Waals surface area contributed by atoms with E-state index in [0.717, 1.165) is 23.0 Å². The van der Waals surface area contributed by atoms with Crippen molar-refractivity contribution < 1.29 is 9.59 Å². The molecule has 2 nitrogen and oxygen atoms in total. The summed E-state index contributed by atoms with van der Waals surface area (Å²) < 4.78 is 0. The molecule has 0 fully saturated rings. The first kappa shape index (κ1) is 16.0. The van der Waals surface area contributed by atoms with Crippen LogP contribution in [0.2, 0.25) is 0 Å². The van der Waals surface area contributed by atoms with Gasteiger partial charge in [-0.05, 0) is 31.3 Å². The van der Waals surface area contributed by atoms with Crippen LogP contribution >= 0.6 is 23.5 Å².